The van der Waals surface area contributed by atoms with Gasteiger partial charge in [0.15, 0.2) is 5.16 Å². The zero-order chi connectivity index (χ0) is 13.7. The fourth-order valence-electron chi connectivity index (χ4n) is 2.46. The summed E-state index contributed by atoms with van der Waals surface area (Å²) in [5.74, 6) is 1.08. The number of aryl methyl sites for hydroxylation is 1. The van der Waals surface area contributed by atoms with Gasteiger partial charge in [0.1, 0.15) is 5.82 Å². The largest absolute Gasteiger partial charge is 0.395 e. The molecule has 1 aliphatic heterocycles. The molecule has 5 nitrogen and oxygen atoms in total. The molecular weight excluding hydrogens is 260 g/mol. The first-order valence-corrected chi connectivity index (χ1v) is 8.09. The molecule has 0 amide bonds. The number of aliphatic hydroxyl groups is 1. The van der Waals surface area contributed by atoms with Crippen LogP contribution in [0.15, 0.2) is 5.16 Å². The average molecular weight is 284 g/mol. The minimum atomic E-state index is 0.0107. The molecule has 0 spiro atoms. The summed E-state index contributed by atoms with van der Waals surface area (Å²) in [6.07, 6.45) is 6.62. The molecule has 2 rings (SSSR count). The number of aromatic nitrogens is 3. The second kappa shape index (κ2) is 7.26. The number of rotatable bonds is 6. The van der Waals surface area contributed by atoms with Gasteiger partial charge in [0.05, 0.1) is 11.9 Å². The molecular formula is C13H24N4OS. The maximum absolute atomic E-state index is 9.52. The number of nitrogens with two attached hydrogens (primary N) is 1. The molecule has 19 heavy (non-hydrogen) atoms. The molecule has 0 aliphatic carbocycles. The van der Waals surface area contributed by atoms with Gasteiger partial charge in [-0.05, 0) is 19.3 Å². The van der Waals surface area contributed by atoms with Gasteiger partial charge < -0.3 is 15.4 Å². The molecule has 0 fully saturated rings. The normalized spacial score (nSPS) is 18.7. The van der Waals surface area contributed by atoms with Crippen molar-refractivity contribution >= 4 is 11.8 Å². The minimum absolute atomic E-state index is 0.0107. The molecule has 1 aromatic rings. The highest BCUT2D eigenvalue weighted by atomic mass is 32.2. The predicted octanol–water partition coefficient (Wildman–Crippen LogP) is 1.58. The Morgan fingerprint density at radius 2 is 2.21 bits per heavy atom. The van der Waals surface area contributed by atoms with Gasteiger partial charge in [-0.25, -0.2) is 0 Å². The fraction of sp³-hybridized carbons (Fsp3) is 0.846. The topological polar surface area (TPSA) is 77.0 Å². The third-order valence-corrected chi connectivity index (χ3v) is 4.93. The highest BCUT2D eigenvalue weighted by molar-refractivity contribution is 7.99. The summed E-state index contributed by atoms with van der Waals surface area (Å²) in [5.41, 5.74) is 6.12. The average Bonchev–Trinajstić information content (AvgIpc) is 2.63. The van der Waals surface area contributed by atoms with Crippen molar-refractivity contribution in [3.63, 3.8) is 0 Å². The van der Waals surface area contributed by atoms with Gasteiger partial charge >= 0.3 is 0 Å². The second-order valence-electron chi connectivity index (χ2n) is 5.15. The summed E-state index contributed by atoms with van der Waals surface area (Å²) in [4.78, 5) is 0. The van der Waals surface area contributed by atoms with E-state index in [4.69, 9.17) is 5.73 Å². The highest BCUT2D eigenvalue weighted by Gasteiger charge is 2.22. The number of nitrogens with zero attached hydrogens (tertiary/aromatic N) is 3. The van der Waals surface area contributed by atoms with Crippen molar-refractivity contribution in [2.45, 2.75) is 68.4 Å². The Hall–Kier alpha value is -0.590. The smallest absolute Gasteiger partial charge is 0.191 e. The van der Waals surface area contributed by atoms with E-state index in [2.05, 4.69) is 21.7 Å². The first-order chi connectivity index (χ1) is 9.26. The van der Waals surface area contributed by atoms with E-state index in [1.165, 1.54) is 19.3 Å². The molecule has 1 aliphatic rings. The van der Waals surface area contributed by atoms with Crippen molar-refractivity contribution in [3.8, 4) is 0 Å². The summed E-state index contributed by atoms with van der Waals surface area (Å²) >= 11 is 1.58. The quantitative estimate of drug-likeness (QED) is 0.776. The van der Waals surface area contributed by atoms with Crippen LogP contribution < -0.4 is 5.73 Å². The Kier molecular flexibility index (Phi) is 5.66. The lowest BCUT2D eigenvalue weighted by molar-refractivity contribution is 0.279. The van der Waals surface area contributed by atoms with Crippen LogP contribution in [0.25, 0.3) is 0 Å². The van der Waals surface area contributed by atoms with Gasteiger partial charge in [-0.2, -0.15) is 0 Å². The lowest BCUT2D eigenvalue weighted by Crippen LogP contribution is -2.35. The van der Waals surface area contributed by atoms with Crippen LogP contribution in [0.3, 0.4) is 0 Å². The predicted molar refractivity (Wildman–Crippen MR) is 77.2 cm³/mol. The van der Waals surface area contributed by atoms with E-state index < -0.39 is 0 Å². The van der Waals surface area contributed by atoms with E-state index in [0.717, 1.165) is 36.8 Å². The summed E-state index contributed by atoms with van der Waals surface area (Å²) in [6.45, 7) is 3.20. The number of hydrogen-bond donors (Lipinski definition) is 2. The lowest BCUT2D eigenvalue weighted by atomic mass is 10.1. The first kappa shape index (κ1) is 14.8. The molecule has 6 heteroatoms. The van der Waals surface area contributed by atoms with Gasteiger partial charge in [-0.15, -0.1) is 10.2 Å². The van der Waals surface area contributed by atoms with Crippen LogP contribution in [-0.4, -0.2) is 37.8 Å². The molecule has 108 valence electrons. The van der Waals surface area contributed by atoms with Crippen molar-refractivity contribution in [3.05, 3.63) is 5.82 Å². The standard InChI is InChI=1S/C13H24N4OS/c1-2-6-10(14)11(9-18)19-13-16-15-12-7-4-3-5-8-17(12)13/h10-11,18H,2-9,14H2,1H3. The third-order valence-electron chi connectivity index (χ3n) is 3.61. The Balaban J connectivity index is 2.07. The van der Waals surface area contributed by atoms with E-state index in [0.29, 0.717) is 0 Å². The van der Waals surface area contributed by atoms with Crippen molar-refractivity contribution in [1.82, 2.24) is 14.8 Å². The molecule has 0 aromatic carbocycles. The molecule has 0 radical (unpaired) electrons. The third kappa shape index (κ3) is 3.70. The van der Waals surface area contributed by atoms with Crippen LogP contribution in [0.1, 0.15) is 44.9 Å². The van der Waals surface area contributed by atoms with E-state index in [1.807, 2.05) is 0 Å². The lowest BCUT2D eigenvalue weighted by Gasteiger charge is -2.20. The molecule has 1 aromatic heterocycles. The Labute approximate surface area is 119 Å². The van der Waals surface area contributed by atoms with Crippen molar-refractivity contribution < 1.29 is 5.11 Å². The summed E-state index contributed by atoms with van der Waals surface area (Å²) in [7, 11) is 0. The maximum atomic E-state index is 9.52. The molecule has 2 unspecified atom stereocenters. The van der Waals surface area contributed by atoms with Crippen LogP contribution in [0.5, 0.6) is 0 Å². The number of aliphatic hydroxyl groups excluding tert-OH is 1. The molecule has 0 saturated heterocycles. The molecule has 0 saturated carbocycles. The van der Waals surface area contributed by atoms with Gasteiger partial charge in [0, 0.05) is 19.0 Å². The van der Waals surface area contributed by atoms with Crippen LogP contribution in [0.4, 0.5) is 0 Å². The number of thioether (sulfide) groups is 1. The summed E-state index contributed by atoms with van der Waals surface area (Å²) < 4.78 is 2.21. The van der Waals surface area contributed by atoms with E-state index in [9.17, 15) is 5.11 Å². The SMILES string of the molecule is CCCC(N)C(CO)Sc1nnc2n1CCCCC2. The highest BCUT2D eigenvalue weighted by Crippen LogP contribution is 2.27. The van der Waals surface area contributed by atoms with Crippen LogP contribution in [0.2, 0.25) is 0 Å². The summed E-state index contributed by atoms with van der Waals surface area (Å²) in [6, 6.07) is 0.0127. The first-order valence-electron chi connectivity index (χ1n) is 7.21. The molecule has 2 atom stereocenters. The Bertz CT molecular complexity index is 396. The molecule has 2 heterocycles. The van der Waals surface area contributed by atoms with Gasteiger partial charge in [0.2, 0.25) is 0 Å². The maximum Gasteiger partial charge on any atom is 0.191 e. The van der Waals surface area contributed by atoms with Crippen LogP contribution in [0, 0.1) is 0 Å². The van der Waals surface area contributed by atoms with E-state index in [-0.39, 0.29) is 17.9 Å². The minimum Gasteiger partial charge on any atom is -0.395 e. The van der Waals surface area contributed by atoms with Gasteiger partial charge in [0.25, 0.3) is 0 Å². The van der Waals surface area contributed by atoms with Crippen molar-refractivity contribution in [2.75, 3.05) is 6.61 Å². The monoisotopic (exact) mass is 284 g/mol. The number of hydrogen-bond acceptors (Lipinski definition) is 5. The zero-order valence-electron chi connectivity index (χ0n) is 11.6. The van der Waals surface area contributed by atoms with Crippen LogP contribution in [-0.2, 0) is 13.0 Å². The zero-order valence-corrected chi connectivity index (χ0v) is 12.4. The van der Waals surface area contributed by atoms with Crippen molar-refractivity contribution in [1.29, 1.82) is 0 Å². The Morgan fingerprint density at radius 3 is 2.95 bits per heavy atom. The summed E-state index contributed by atoms with van der Waals surface area (Å²) in [5, 5.41) is 19.0. The molecule has 0 bridgehead atoms. The molecule has 3 N–H and O–H groups in total. The van der Waals surface area contributed by atoms with E-state index in [1.54, 1.807) is 11.8 Å². The van der Waals surface area contributed by atoms with Crippen molar-refractivity contribution in [2.24, 2.45) is 5.73 Å². The van der Waals surface area contributed by atoms with Crippen LogP contribution >= 0.6 is 11.8 Å². The number of fused-ring (bicyclic) bond motifs is 1. The van der Waals surface area contributed by atoms with Gasteiger partial charge in [-0.3, -0.25) is 0 Å². The van der Waals surface area contributed by atoms with Gasteiger partial charge in [-0.1, -0.05) is 31.5 Å². The van der Waals surface area contributed by atoms with E-state index >= 15 is 0 Å². The fourth-order valence-corrected chi connectivity index (χ4v) is 3.53. The second-order valence-corrected chi connectivity index (χ2v) is 6.36. The Morgan fingerprint density at radius 1 is 1.37 bits per heavy atom.